The van der Waals surface area contributed by atoms with Crippen LogP contribution in [0.25, 0.3) is 0 Å². The highest BCUT2D eigenvalue weighted by atomic mass is 16.5. The summed E-state index contributed by atoms with van der Waals surface area (Å²) in [7, 11) is 1.66. The first-order valence-electron chi connectivity index (χ1n) is 10.5. The maximum atomic E-state index is 12.8. The summed E-state index contributed by atoms with van der Waals surface area (Å²) in [6, 6.07) is 16.7. The van der Waals surface area contributed by atoms with Gasteiger partial charge in [-0.2, -0.15) is 5.10 Å². The molecule has 162 valence electrons. The molecule has 2 aromatic rings. The molecule has 1 fully saturated rings. The molecule has 0 spiro atoms. The van der Waals surface area contributed by atoms with Crippen molar-refractivity contribution in [1.29, 1.82) is 0 Å². The van der Waals surface area contributed by atoms with Crippen molar-refractivity contribution < 1.29 is 14.3 Å². The fraction of sp³-hybridized carbons (Fsp3) is 0.348. The molecular formula is C23H27N5O3. The third-order valence-corrected chi connectivity index (χ3v) is 5.79. The van der Waals surface area contributed by atoms with E-state index in [1.807, 2.05) is 54.6 Å². The molecular weight excluding hydrogens is 394 g/mol. The summed E-state index contributed by atoms with van der Waals surface area (Å²) in [5.41, 5.74) is 7.78. The highest BCUT2D eigenvalue weighted by Crippen LogP contribution is 2.25. The Hall–Kier alpha value is -3.55. The Morgan fingerprint density at radius 3 is 2.32 bits per heavy atom. The van der Waals surface area contributed by atoms with E-state index in [0.717, 1.165) is 43.1 Å². The smallest absolute Gasteiger partial charge is 0.267 e. The molecule has 4 rings (SSSR count). The lowest BCUT2D eigenvalue weighted by Crippen LogP contribution is -2.46. The van der Waals surface area contributed by atoms with Gasteiger partial charge < -0.3 is 20.7 Å². The molecule has 0 aliphatic carbocycles. The number of hydrazone groups is 1. The molecule has 2 aliphatic heterocycles. The zero-order valence-corrected chi connectivity index (χ0v) is 17.5. The van der Waals surface area contributed by atoms with Crippen LogP contribution in [0.5, 0.6) is 5.75 Å². The second-order valence-electron chi connectivity index (χ2n) is 7.78. The highest BCUT2D eigenvalue weighted by Gasteiger charge is 2.35. The zero-order valence-electron chi connectivity index (χ0n) is 17.5. The minimum Gasteiger partial charge on any atom is -0.497 e. The largest absolute Gasteiger partial charge is 0.497 e. The van der Waals surface area contributed by atoms with Crippen LogP contribution >= 0.6 is 0 Å². The van der Waals surface area contributed by atoms with Crippen molar-refractivity contribution in [2.24, 2.45) is 10.8 Å². The minimum absolute atomic E-state index is 0.0718. The lowest BCUT2D eigenvalue weighted by molar-refractivity contribution is -0.119. The normalized spacial score (nSPS) is 19.1. The number of hydrogen-bond acceptors (Lipinski definition) is 6. The number of nitrogens with two attached hydrogens (primary N) is 1. The van der Waals surface area contributed by atoms with Gasteiger partial charge in [-0.25, -0.2) is 0 Å². The third kappa shape index (κ3) is 4.63. The van der Waals surface area contributed by atoms with Crippen LogP contribution in [-0.4, -0.2) is 49.8 Å². The Labute approximate surface area is 181 Å². The summed E-state index contributed by atoms with van der Waals surface area (Å²) >= 11 is 0. The van der Waals surface area contributed by atoms with E-state index in [-0.39, 0.29) is 18.4 Å². The van der Waals surface area contributed by atoms with Crippen LogP contribution in [0.2, 0.25) is 0 Å². The first-order valence-corrected chi connectivity index (χ1v) is 10.5. The van der Waals surface area contributed by atoms with Gasteiger partial charge in [-0.15, -0.1) is 0 Å². The second kappa shape index (κ2) is 9.07. The molecule has 1 unspecified atom stereocenters. The van der Waals surface area contributed by atoms with Gasteiger partial charge in [0.25, 0.3) is 5.91 Å². The van der Waals surface area contributed by atoms with E-state index in [2.05, 4.69) is 15.3 Å². The summed E-state index contributed by atoms with van der Waals surface area (Å²) in [6.45, 7) is 1.70. The molecule has 2 aromatic carbocycles. The number of primary amides is 1. The molecule has 0 aromatic heterocycles. The molecule has 1 atom stereocenters. The number of nitrogens with zero attached hydrogens (tertiary/aromatic N) is 3. The van der Waals surface area contributed by atoms with Gasteiger partial charge in [-0.05, 0) is 49.2 Å². The molecule has 3 N–H and O–H groups in total. The first-order chi connectivity index (χ1) is 15.0. The maximum absolute atomic E-state index is 12.8. The summed E-state index contributed by atoms with van der Waals surface area (Å²) < 4.78 is 5.21. The van der Waals surface area contributed by atoms with E-state index in [9.17, 15) is 9.59 Å². The second-order valence-corrected chi connectivity index (χ2v) is 7.78. The molecule has 1 saturated heterocycles. The standard InChI is InChI=1S/C23H27N5O3/c1-31-19-9-7-17(8-10-19)27-13-11-16(12-14-27)25-23(30)20-15-21(22(24)29)28(26-20)18-5-3-2-4-6-18/h2-10,16,21H,11-15H2,1H3,(H2,24,29)(H,25,30). The van der Waals surface area contributed by atoms with Gasteiger partial charge >= 0.3 is 0 Å². The Morgan fingerprint density at radius 2 is 1.71 bits per heavy atom. The fourth-order valence-electron chi connectivity index (χ4n) is 4.03. The van der Waals surface area contributed by atoms with Gasteiger partial charge in [0.15, 0.2) is 0 Å². The van der Waals surface area contributed by atoms with Crippen molar-refractivity contribution in [1.82, 2.24) is 5.32 Å². The van der Waals surface area contributed by atoms with Crippen LogP contribution in [0.15, 0.2) is 59.7 Å². The number of anilines is 2. The van der Waals surface area contributed by atoms with Gasteiger partial charge in [0.2, 0.25) is 5.91 Å². The fourth-order valence-corrected chi connectivity index (χ4v) is 4.03. The van der Waals surface area contributed by atoms with Crippen LogP contribution in [0.4, 0.5) is 11.4 Å². The SMILES string of the molecule is COc1ccc(N2CCC(NC(=O)C3=NN(c4ccccc4)C(C(N)=O)C3)CC2)cc1. The summed E-state index contributed by atoms with van der Waals surface area (Å²) in [5, 5.41) is 9.05. The number of nitrogens with one attached hydrogen (secondary N) is 1. The Morgan fingerprint density at radius 1 is 1.03 bits per heavy atom. The number of para-hydroxylation sites is 1. The number of methoxy groups -OCH3 is 1. The molecule has 0 saturated carbocycles. The Kier molecular flexibility index (Phi) is 6.06. The number of carbonyl (C=O) groups excluding carboxylic acids is 2. The van der Waals surface area contributed by atoms with Crippen LogP contribution in [-0.2, 0) is 9.59 Å². The highest BCUT2D eigenvalue weighted by molar-refractivity contribution is 6.40. The summed E-state index contributed by atoms with van der Waals surface area (Å²) in [5.74, 6) is 0.109. The van der Waals surface area contributed by atoms with E-state index in [1.54, 1.807) is 12.1 Å². The van der Waals surface area contributed by atoms with Crippen molar-refractivity contribution in [3.05, 3.63) is 54.6 Å². The van der Waals surface area contributed by atoms with E-state index in [0.29, 0.717) is 5.71 Å². The Balaban J connectivity index is 1.36. The number of piperidine rings is 1. The van der Waals surface area contributed by atoms with Crippen LogP contribution < -0.4 is 25.7 Å². The minimum atomic E-state index is -0.653. The van der Waals surface area contributed by atoms with E-state index in [4.69, 9.17) is 10.5 Å². The first kappa shape index (κ1) is 20.7. The lowest BCUT2D eigenvalue weighted by atomic mass is 10.0. The predicted molar refractivity (Wildman–Crippen MR) is 120 cm³/mol. The molecule has 8 heteroatoms. The molecule has 2 aliphatic rings. The summed E-state index contributed by atoms with van der Waals surface area (Å²) in [4.78, 5) is 27.1. The average Bonchev–Trinajstić information content (AvgIpc) is 3.26. The van der Waals surface area contributed by atoms with Crippen molar-refractivity contribution in [3.63, 3.8) is 0 Å². The van der Waals surface area contributed by atoms with Crippen molar-refractivity contribution in [2.75, 3.05) is 30.1 Å². The number of rotatable bonds is 6. The molecule has 8 nitrogen and oxygen atoms in total. The van der Waals surface area contributed by atoms with Crippen LogP contribution in [0, 0.1) is 0 Å². The van der Waals surface area contributed by atoms with E-state index >= 15 is 0 Å². The van der Waals surface area contributed by atoms with Crippen molar-refractivity contribution >= 4 is 28.9 Å². The molecule has 0 radical (unpaired) electrons. The maximum Gasteiger partial charge on any atom is 0.267 e. The molecule has 31 heavy (non-hydrogen) atoms. The van der Waals surface area contributed by atoms with E-state index in [1.165, 1.54) is 0 Å². The topological polar surface area (TPSA) is 100 Å². The monoisotopic (exact) mass is 421 g/mol. The average molecular weight is 422 g/mol. The van der Waals surface area contributed by atoms with Crippen LogP contribution in [0.3, 0.4) is 0 Å². The quantitative estimate of drug-likeness (QED) is 0.742. The van der Waals surface area contributed by atoms with Crippen LogP contribution in [0.1, 0.15) is 19.3 Å². The van der Waals surface area contributed by atoms with E-state index < -0.39 is 11.9 Å². The number of ether oxygens (including phenoxy) is 1. The molecule has 2 heterocycles. The number of amides is 2. The van der Waals surface area contributed by atoms with Crippen molar-refractivity contribution in [2.45, 2.75) is 31.3 Å². The Bertz CT molecular complexity index is 953. The summed E-state index contributed by atoms with van der Waals surface area (Å²) in [6.07, 6.45) is 1.89. The van der Waals surface area contributed by atoms with Gasteiger partial charge in [0.1, 0.15) is 17.5 Å². The van der Waals surface area contributed by atoms with Gasteiger partial charge in [-0.3, -0.25) is 14.6 Å². The molecule has 2 amide bonds. The lowest BCUT2D eigenvalue weighted by Gasteiger charge is -2.34. The number of carbonyl (C=O) groups is 2. The van der Waals surface area contributed by atoms with Gasteiger partial charge in [0, 0.05) is 31.2 Å². The van der Waals surface area contributed by atoms with Crippen molar-refractivity contribution in [3.8, 4) is 5.75 Å². The van der Waals surface area contributed by atoms with Gasteiger partial charge in [-0.1, -0.05) is 18.2 Å². The molecule has 0 bridgehead atoms. The van der Waals surface area contributed by atoms with Gasteiger partial charge in [0.05, 0.1) is 12.8 Å². The third-order valence-electron chi connectivity index (χ3n) is 5.79. The zero-order chi connectivity index (χ0) is 21.8. The number of benzene rings is 2. The number of hydrogen-bond donors (Lipinski definition) is 2. The predicted octanol–water partition coefficient (Wildman–Crippen LogP) is 1.90.